The number of anilines is 1. The van der Waals surface area contributed by atoms with Gasteiger partial charge in [0.2, 0.25) is 0 Å². The lowest BCUT2D eigenvalue weighted by molar-refractivity contribution is -0.141. The Bertz CT molecular complexity index is 311. The minimum atomic E-state index is -0.167. The molecule has 0 saturated carbocycles. The maximum atomic E-state index is 11.4. The van der Waals surface area contributed by atoms with Crippen molar-refractivity contribution in [2.45, 2.75) is 20.3 Å². The molecule has 0 unspecified atom stereocenters. The van der Waals surface area contributed by atoms with Crippen LogP contribution in [0.25, 0.3) is 0 Å². The van der Waals surface area contributed by atoms with E-state index in [0.29, 0.717) is 13.2 Å². The van der Waals surface area contributed by atoms with Crippen molar-refractivity contribution in [1.29, 1.82) is 0 Å². The van der Waals surface area contributed by atoms with Gasteiger partial charge in [0.1, 0.15) is 6.54 Å². The van der Waals surface area contributed by atoms with Crippen LogP contribution in [0.5, 0.6) is 0 Å². The van der Waals surface area contributed by atoms with Gasteiger partial charge in [0.05, 0.1) is 6.61 Å². The number of rotatable bonds is 6. The Hall–Kier alpha value is -1.51. The van der Waals surface area contributed by atoms with Crippen molar-refractivity contribution in [2.24, 2.45) is 0 Å². The van der Waals surface area contributed by atoms with Gasteiger partial charge in [0, 0.05) is 12.2 Å². The first-order valence-electron chi connectivity index (χ1n) is 5.73. The van der Waals surface area contributed by atoms with Crippen LogP contribution in [0.15, 0.2) is 30.3 Å². The molecular formula is C13H19NO2. The van der Waals surface area contributed by atoms with Crippen molar-refractivity contribution in [3.8, 4) is 0 Å². The fourth-order valence-electron chi connectivity index (χ4n) is 1.57. The minimum absolute atomic E-state index is 0.167. The Kier molecular flexibility index (Phi) is 5.40. The summed E-state index contributed by atoms with van der Waals surface area (Å²) < 4.78 is 4.96. The molecule has 3 nitrogen and oxygen atoms in total. The summed E-state index contributed by atoms with van der Waals surface area (Å²) in [6.45, 7) is 5.55. The molecule has 0 saturated heterocycles. The molecule has 0 aliphatic carbocycles. The number of hydrogen-bond acceptors (Lipinski definition) is 3. The van der Waals surface area contributed by atoms with E-state index in [2.05, 4.69) is 6.92 Å². The Morgan fingerprint density at radius 2 is 1.94 bits per heavy atom. The molecule has 1 aromatic carbocycles. The van der Waals surface area contributed by atoms with Crippen LogP contribution < -0.4 is 4.90 Å². The first-order chi connectivity index (χ1) is 7.77. The molecule has 0 N–H and O–H groups in total. The number of benzene rings is 1. The van der Waals surface area contributed by atoms with Crippen molar-refractivity contribution in [2.75, 3.05) is 24.6 Å². The summed E-state index contributed by atoms with van der Waals surface area (Å²) in [5.41, 5.74) is 1.07. The van der Waals surface area contributed by atoms with Crippen LogP contribution in [-0.2, 0) is 9.53 Å². The Morgan fingerprint density at radius 1 is 1.25 bits per heavy atom. The second-order valence-electron chi connectivity index (χ2n) is 3.56. The molecular weight excluding hydrogens is 202 g/mol. The fourth-order valence-corrected chi connectivity index (χ4v) is 1.57. The molecule has 0 spiro atoms. The highest BCUT2D eigenvalue weighted by atomic mass is 16.5. The first-order valence-corrected chi connectivity index (χ1v) is 5.73. The predicted molar refractivity (Wildman–Crippen MR) is 65.6 cm³/mol. The molecule has 3 heteroatoms. The van der Waals surface area contributed by atoms with Gasteiger partial charge in [0.25, 0.3) is 0 Å². The molecule has 0 aromatic heterocycles. The van der Waals surface area contributed by atoms with Gasteiger partial charge >= 0.3 is 5.97 Å². The number of carbonyl (C=O) groups excluding carboxylic acids is 1. The monoisotopic (exact) mass is 221 g/mol. The van der Waals surface area contributed by atoms with Gasteiger partial charge in [-0.25, -0.2) is 0 Å². The van der Waals surface area contributed by atoms with Crippen molar-refractivity contribution in [3.05, 3.63) is 30.3 Å². The number of ether oxygens (including phenoxy) is 1. The summed E-state index contributed by atoms with van der Waals surface area (Å²) in [7, 11) is 0. The van der Waals surface area contributed by atoms with E-state index in [1.54, 1.807) is 0 Å². The number of para-hydroxylation sites is 1. The largest absolute Gasteiger partial charge is 0.465 e. The molecule has 0 aliphatic rings. The Morgan fingerprint density at radius 3 is 2.50 bits per heavy atom. The number of nitrogens with zero attached hydrogens (tertiary/aromatic N) is 1. The SMILES string of the molecule is CCCN(CC(=O)OCC)c1ccccc1. The molecule has 0 bridgehead atoms. The van der Waals surface area contributed by atoms with Crippen LogP contribution in [0.4, 0.5) is 5.69 Å². The van der Waals surface area contributed by atoms with Crippen LogP contribution >= 0.6 is 0 Å². The van der Waals surface area contributed by atoms with E-state index >= 15 is 0 Å². The molecule has 0 atom stereocenters. The lowest BCUT2D eigenvalue weighted by atomic mass is 10.2. The number of carbonyl (C=O) groups is 1. The summed E-state index contributed by atoms with van der Waals surface area (Å²) in [6, 6.07) is 9.94. The quantitative estimate of drug-likeness (QED) is 0.691. The predicted octanol–water partition coefficient (Wildman–Crippen LogP) is 2.47. The van der Waals surface area contributed by atoms with Gasteiger partial charge in [-0.1, -0.05) is 25.1 Å². The van der Waals surface area contributed by atoms with Gasteiger partial charge < -0.3 is 9.64 Å². The fraction of sp³-hybridized carbons (Fsp3) is 0.462. The van der Waals surface area contributed by atoms with E-state index in [9.17, 15) is 4.79 Å². The first kappa shape index (κ1) is 12.6. The molecule has 88 valence electrons. The van der Waals surface area contributed by atoms with Gasteiger partial charge in [-0.05, 0) is 25.5 Å². The van der Waals surface area contributed by atoms with Crippen LogP contribution in [0.3, 0.4) is 0 Å². The maximum Gasteiger partial charge on any atom is 0.325 e. The zero-order valence-electron chi connectivity index (χ0n) is 9.98. The lowest BCUT2D eigenvalue weighted by Gasteiger charge is -2.22. The highest BCUT2D eigenvalue weighted by Gasteiger charge is 2.10. The van der Waals surface area contributed by atoms with Crippen LogP contribution in [0.2, 0.25) is 0 Å². The van der Waals surface area contributed by atoms with Gasteiger partial charge in [-0.15, -0.1) is 0 Å². The smallest absolute Gasteiger partial charge is 0.325 e. The summed E-state index contributed by atoms with van der Waals surface area (Å²) in [4.78, 5) is 13.5. The summed E-state index contributed by atoms with van der Waals surface area (Å²) in [5, 5.41) is 0. The normalized spacial score (nSPS) is 9.88. The van der Waals surface area contributed by atoms with E-state index in [1.165, 1.54) is 0 Å². The molecule has 0 aliphatic heterocycles. The highest BCUT2D eigenvalue weighted by Crippen LogP contribution is 2.13. The van der Waals surface area contributed by atoms with E-state index in [0.717, 1.165) is 18.7 Å². The van der Waals surface area contributed by atoms with Crippen molar-refractivity contribution >= 4 is 11.7 Å². The van der Waals surface area contributed by atoms with E-state index in [1.807, 2.05) is 42.2 Å². The Labute approximate surface area is 97.0 Å². The number of esters is 1. The second kappa shape index (κ2) is 6.88. The van der Waals surface area contributed by atoms with E-state index in [4.69, 9.17) is 4.74 Å². The minimum Gasteiger partial charge on any atom is -0.465 e. The zero-order valence-corrected chi connectivity index (χ0v) is 9.98. The lowest BCUT2D eigenvalue weighted by Crippen LogP contribution is -2.31. The van der Waals surface area contributed by atoms with Crippen molar-refractivity contribution in [1.82, 2.24) is 0 Å². The zero-order chi connectivity index (χ0) is 11.8. The van der Waals surface area contributed by atoms with Gasteiger partial charge in [0.15, 0.2) is 0 Å². The molecule has 0 radical (unpaired) electrons. The molecule has 0 fully saturated rings. The average molecular weight is 221 g/mol. The third-order valence-electron chi connectivity index (χ3n) is 2.24. The summed E-state index contributed by atoms with van der Waals surface area (Å²) in [5.74, 6) is -0.167. The van der Waals surface area contributed by atoms with Crippen molar-refractivity contribution in [3.63, 3.8) is 0 Å². The van der Waals surface area contributed by atoms with Crippen LogP contribution in [0, 0.1) is 0 Å². The molecule has 1 aromatic rings. The molecule has 16 heavy (non-hydrogen) atoms. The maximum absolute atomic E-state index is 11.4. The van der Waals surface area contributed by atoms with Crippen molar-refractivity contribution < 1.29 is 9.53 Å². The second-order valence-corrected chi connectivity index (χ2v) is 3.56. The molecule has 0 heterocycles. The topological polar surface area (TPSA) is 29.5 Å². The van der Waals surface area contributed by atoms with Gasteiger partial charge in [-0.3, -0.25) is 4.79 Å². The standard InChI is InChI=1S/C13H19NO2/c1-3-10-14(11-13(15)16-4-2)12-8-6-5-7-9-12/h5-9H,3-4,10-11H2,1-2H3. The number of hydrogen-bond donors (Lipinski definition) is 0. The van der Waals surface area contributed by atoms with Crippen LogP contribution in [0.1, 0.15) is 20.3 Å². The van der Waals surface area contributed by atoms with E-state index in [-0.39, 0.29) is 5.97 Å². The van der Waals surface area contributed by atoms with Gasteiger partial charge in [-0.2, -0.15) is 0 Å². The molecule has 1 rings (SSSR count). The summed E-state index contributed by atoms with van der Waals surface area (Å²) >= 11 is 0. The average Bonchev–Trinajstić information content (AvgIpc) is 2.30. The van der Waals surface area contributed by atoms with Crippen LogP contribution in [-0.4, -0.2) is 25.7 Å². The third kappa shape index (κ3) is 3.93. The molecule has 0 amide bonds. The Balaban J connectivity index is 2.64. The third-order valence-corrected chi connectivity index (χ3v) is 2.24. The van der Waals surface area contributed by atoms with E-state index < -0.39 is 0 Å². The summed E-state index contributed by atoms with van der Waals surface area (Å²) in [6.07, 6.45) is 1.01. The highest BCUT2D eigenvalue weighted by molar-refractivity contribution is 5.75.